The number of nitrogens with one attached hydrogen (secondary N) is 1. The molecule has 1 N–H and O–H groups in total. The number of benzene rings is 1. The molecule has 4 atom stereocenters. The molecule has 0 aliphatic carbocycles. The predicted molar refractivity (Wildman–Crippen MR) is 117 cm³/mol. The summed E-state index contributed by atoms with van der Waals surface area (Å²) >= 11 is 0. The zero-order valence-electron chi connectivity index (χ0n) is 18.5. The Balaban J connectivity index is 1.41. The first-order valence-corrected chi connectivity index (χ1v) is 11.5. The van der Waals surface area contributed by atoms with Crippen LogP contribution in [0, 0.1) is 5.82 Å². The molecule has 0 aromatic heterocycles. The van der Waals surface area contributed by atoms with Crippen LogP contribution in [0.15, 0.2) is 18.2 Å². The number of hydrogen-bond donors (Lipinski definition) is 1. The van der Waals surface area contributed by atoms with E-state index in [2.05, 4.69) is 5.32 Å². The van der Waals surface area contributed by atoms with Gasteiger partial charge in [-0.1, -0.05) is 0 Å². The van der Waals surface area contributed by atoms with Gasteiger partial charge < -0.3 is 29.3 Å². The third kappa shape index (κ3) is 5.87. The maximum Gasteiger partial charge on any atom is 0.322 e. The van der Waals surface area contributed by atoms with Crippen molar-refractivity contribution >= 4 is 17.4 Å². The lowest BCUT2D eigenvalue weighted by atomic mass is 10.1. The summed E-state index contributed by atoms with van der Waals surface area (Å²) in [6.07, 6.45) is 4.15. The Morgan fingerprint density at radius 3 is 2.23 bits per heavy atom. The smallest absolute Gasteiger partial charge is 0.322 e. The number of halogens is 1. The molecule has 1 aromatic carbocycles. The molecule has 1 aromatic rings. The second-order valence-corrected chi connectivity index (χ2v) is 8.93. The van der Waals surface area contributed by atoms with E-state index in [1.807, 2.05) is 18.7 Å². The molecule has 31 heavy (non-hydrogen) atoms. The molecule has 4 rings (SSSR count). The molecule has 3 aliphatic rings. The van der Waals surface area contributed by atoms with Crippen molar-refractivity contribution < 1.29 is 23.4 Å². The van der Waals surface area contributed by atoms with Crippen molar-refractivity contribution in [3.8, 4) is 0 Å². The third-order valence-corrected chi connectivity index (χ3v) is 6.14. The summed E-state index contributed by atoms with van der Waals surface area (Å²) in [5.41, 5.74) is 0.987. The Morgan fingerprint density at radius 1 is 1.10 bits per heavy atom. The first-order chi connectivity index (χ1) is 15.0. The molecule has 3 fully saturated rings. The standard InChI is InChI=1S/C23H34FN3O4/c1-16-12-26(13-17(2)31-16)22-8-7-18(11-21(22)24)25-23(28)27(14-19-5-3-9-29-19)15-20-6-4-10-30-20/h7-8,11,16-17,19-20H,3-6,9-10,12-15H2,1-2H3,(H,25,28)/t16-,17-,19-,20+/m1/s1. The number of carbonyl (C=O) groups excluding carboxylic acids is 1. The molecule has 172 valence electrons. The SMILES string of the molecule is C[C@@H]1CN(c2ccc(NC(=O)N(C[C@H]3CCCO3)C[C@@H]3CCCO3)cc2F)C[C@@H](C)O1. The van der Waals surface area contributed by atoms with Gasteiger partial charge in [0.05, 0.1) is 30.1 Å². The molecule has 0 spiro atoms. The highest BCUT2D eigenvalue weighted by atomic mass is 19.1. The van der Waals surface area contributed by atoms with Crippen LogP contribution >= 0.6 is 0 Å². The number of carbonyl (C=O) groups is 1. The molecule has 8 heteroatoms. The van der Waals surface area contributed by atoms with Crippen LogP contribution < -0.4 is 10.2 Å². The fourth-order valence-corrected chi connectivity index (χ4v) is 4.73. The molecular weight excluding hydrogens is 401 g/mol. The van der Waals surface area contributed by atoms with Crippen molar-refractivity contribution in [2.75, 3.05) is 49.6 Å². The molecule has 3 aliphatic heterocycles. The van der Waals surface area contributed by atoms with Gasteiger partial charge in [0.1, 0.15) is 5.82 Å². The zero-order valence-corrected chi connectivity index (χ0v) is 18.5. The van der Waals surface area contributed by atoms with E-state index < -0.39 is 0 Å². The summed E-state index contributed by atoms with van der Waals surface area (Å²) in [7, 11) is 0. The summed E-state index contributed by atoms with van der Waals surface area (Å²) in [6, 6.07) is 4.65. The fraction of sp³-hybridized carbons (Fsp3) is 0.696. The molecule has 0 saturated carbocycles. The van der Waals surface area contributed by atoms with Gasteiger partial charge in [0.15, 0.2) is 0 Å². The maximum absolute atomic E-state index is 14.9. The Kier molecular flexibility index (Phi) is 7.30. The van der Waals surface area contributed by atoms with Crippen molar-refractivity contribution in [1.82, 2.24) is 4.90 Å². The number of hydrogen-bond acceptors (Lipinski definition) is 5. The van der Waals surface area contributed by atoms with E-state index in [-0.39, 0.29) is 36.3 Å². The first kappa shape index (κ1) is 22.3. The maximum atomic E-state index is 14.9. The lowest BCUT2D eigenvalue weighted by Gasteiger charge is -2.37. The monoisotopic (exact) mass is 435 g/mol. The van der Waals surface area contributed by atoms with Gasteiger partial charge in [0.25, 0.3) is 0 Å². The minimum absolute atomic E-state index is 0.0479. The largest absolute Gasteiger partial charge is 0.376 e. The molecule has 3 saturated heterocycles. The second kappa shape index (κ2) is 10.1. The first-order valence-electron chi connectivity index (χ1n) is 11.5. The number of nitrogens with zero attached hydrogens (tertiary/aromatic N) is 2. The van der Waals surface area contributed by atoms with Crippen LogP contribution in [-0.2, 0) is 14.2 Å². The van der Waals surface area contributed by atoms with Gasteiger partial charge >= 0.3 is 6.03 Å². The van der Waals surface area contributed by atoms with Gasteiger partial charge in [-0.2, -0.15) is 0 Å². The van der Waals surface area contributed by atoms with Crippen molar-refractivity contribution in [3.05, 3.63) is 24.0 Å². The zero-order chi connectivity index (χ0) is 21.8. The summed E-state index contributed by atoms with van der Waals surface area (Å²) in [5, 5.41) is 2.87. The van der Waals surface area contributed by atoms with Crippen LogP contribution in [0.25, 0.3) is 0 Å². The van der Waals surface area contributed by atoms with E-state index in [1.165, 1.54) is 6.07 Å². The molecule has 0 unspecified atom stereocenters. The lowest BCUT2D eigenvalue weighted by Crippen LogP contribution is -2.46. The van der Waals surface area contributed by atoms with Crippen LogP contribution in [0.2, 0.25) is 0 Å². The third-order valence-electron chi connectivity index (χ3n) is 6.14. The van der Waals surface area contributed by atoms with E-state index in [1.54, 1.807) is 17.0 Å². The van der Waals surface area contributed by atoms with Crippen molar-refractivity contribution in [2.24, 2.45) is 0 Å². The number of morpholine rings is 1. The van der Waals surface area contributed by atoms with E-state index in [4.69, 9.17) is 14.2 Å². The van der Waals surface area contributed by atoms with Crippen LogP contribution in [0.4, 0.5) is 20.6 Å². The molecule has 0 bridgehead atoms. The van der Waals surface area contributed by atoms with Gasteiger partial charge in [-0.3, -0.25) is 0 Å². The minimum Gasteiger partial charge on any atom is -0.376 e. The Morgan fingerprint density at radius 2 is 1.71 bits per heavy atom. The number of ether oxygens (including phenoxy) is 3. The Bertz CT molecular complexity index is 724. The quantitative estimate of drug-likeness (QED) is 0.739. The summed E-state index contributed by atoms with van der Waals surface area (Å²) in [5.74, 6) is -0.344. The average molecular weight is 436 g/mol. The van der Waals surface area contributed by atoms with Crippen LogP contribution in [0.3, 0.4) is 0 Å². The number of urea groups is 1. The normalized spacial score (nSPS) is 28.7. The fourth-order valence-electron chi connectivity index (χ4n) is 4.73. The minimum atomic E-state index is -0.344. The number of anilines is 2. The van der Waals surface area contributed by atoms with E-state index in [0.29, 0.717) is 37.6 Å². The van der Waals surface area contributed by atoms with E-state index in [9.17, 15) is 9.18 Å². The molecular formula is C23H34FN3O4. The van der Waals surface area contributed by atoms with E-state index >= 15 is 0 Å². The van der Waals surface area contributed by atoms with Crippen LogP contribution in [0.1, 0.15) is 39.5 Å². The van der Waals surface area contributed by atoms with Gasteiger partial charge in [-0.15, -0.1) is 0 Å². The van der Waals surface area contributed by atoms with Gasteiger partial charge in [-0.25, -0.2) is 9.18 Å². The van der Waals surface area contributed by atoms with Crippen LogP contribution in [0.5, 0.6) is 0 Å². The Hall–Kier alpha value is -1.90. The summed E-state index contributed by atoms with van der Waals surface area (Å²) in [4.78, 5) is 16.8. The predicted octanol–water partition coefficient (Wildman–Crippen LogP) is 3.63. The highest BCUT2D eigenvalue weighted by Gasteiger charge is 2.28. The molecule has 7 nitrogen and oxygen atoms in total. The summed E-state index contributed by atoms with van der Waals surface area (Å²) < 4.78 is 32.1. The van der Waals surface area contributed by atoms with Gasteiger partial charge in [0, 0.05) is 45.1 Å². The molecule has 2 amide bonds. The highest BCUT2D eigenvalue weighted by Crippen LogP contribution is 2.26. The van der Waals surface area contributed by atoms with Crippen molar-refractivity contribution in [1.29, 1.82) is 0 Å². The Labute approximate surface area is 183 Å². The summed E-state index contributed by atoms with van der Waals surface area (Å²) in [6.45, 7) is 7.80. The number of rotatable bonds is 6. The van der Waals surface area contributed by atoms with Crippen molar-refractivity contribution in [2.45, 2.75) is 63.9 Å². The lowest BCUT2D eigenvalue weighted by molar-refractivity contribution is -0.00539. The van der Waals surface area contributed by atoms with Crippen molar-refractivity contribution in [3.63, 3.8) is 0 Å². The van der Waals surface area contributed by atoms with E-state index in [0.717, 1.165) is 38.9 Å². The number of amides is 2. The van der Waals surface area contributed by atoms with Crippen LogP contribution in [-0.4, -0.2) is 74.7 Å². The average Bonchev–Trinajstić information content (AvgIpc) is 3.41. The second-order valence-electron chi connectivity index (χ2n) is 8.93. The van der Waals surface area contributed by atoms with Gasteiger partial charge in [0.2, 0.25) is 0 Å². The molecule has 0 radical (unpaired) electrons. The van der Waals surface area contributed by atoms with Gasteiger partial charge in [-0.05, 0) is 57.7 Å². The topological polar surface area (TPSA) is 63.3 Å². The molecule has 3 heterocycles. The highest BCUT2D eigenvalue weighted by molar-refractivity contribution is 5.89.